The minimum atomic E-state index is -0.318. The fraction of sp³-hybridized carbons (Fsp3) is 0.133. The van der Waals surface area contributed by atoms with Gasteiger partial charge in [0.2, 0.25) is 0 Å². The number of carbonyl (C=O) groups excluding carboxylic acids is 2. The molecule has 0 spiro atoms. The van der Waals surface area contributed by atoms with Gasteiger partial charge in [-0.15, -0.1) is 0 Å². The highest BCUT2D eigenvalue weighted by Gasteiger charge is 2.35. The van der Waals surface area contributed by atoms with Gasteiger partial charge in [0, 0.05) is 5.56 Å². The van der Waals surface area contributed by atoms with Crippen LogP contribution in [-0.2, 0) is 11.4 Å². The minimum Gasteiger partial charge on any atom is -0.492 e. The molecular weight excluding hydrogens is 470 g/mol. The lowest BCUT2D eigenvalue weighted by atomic mass is 10.1. The van der Waals surface area contributed by atoms with Crippen molar-refractivity contribution in [3.05, 3.63) is 113 Å². The van der Waals surface area contributed by atoms with Crippen molar-refractivity contribution in [3.8, 4) is 11.5 Å². The molecule has 0 radical (unpaired) electrons. The van der Waals surface area contributed by atoms with Crippen molar-refractivity contribution in [2.75, 3.05) is 13.2 Å². The van der Waals surface area contributed by atoms with E-state index in [-0.39, 0.29) is 24.3 Å². The van der Waals surface area contributed by atoms with Gasteiger partial charge in [-0.2, -0.15) is 0 Å². The van der Waals surface area contributed by atoms with Gasteiger partial charge >= 0.3 is 0 Å². The number of ether oxygens (including phenoxy) is 2. The van der Waals surface area contributed by atoms with E-state index in [0.29, 0.717) is 17.3 Å². The van der Waals surface area contributed by atoms with Crippen molar-refractivity contribution in [1.82, 2.24) is 4.90 Å². The number of nitrogens with zero attached hydrogens (tertiary/aromatic N) is 1. The SMILES string of the molecule is Cc1cccc(OCCN2C(=O)S/C(=C\c3ccccc3OCc3cccc4ccccc34)C2=O)c1. The highest BCUT2D eigenvalue weighted by molar-refractivity contribution is 8.18. The molecule has 2 amide bonds. The molecule has 0 unspecified atom stereocenters. The number of para-hydroxylation sites is 1. The topological polar surface area (TPSA) is 55.8 Å². The molecule has 180 valence electrons. The molecule has 0 atom stereocenters. The van der Waals surface area contributed by atoms with Crippen LogP contribution in [0.2, 0.25) is 0 Å². The Balaban J connectivity index is 1.27. The van der Waals surface area contributed by atoms with Crippen LogP contribution in [0.15, 0.2) is 95.9 Å². The molecule has 1 aliphatic rings. The van der Waals surface area contributed by atoms with Crippen LogP contribution >= 0.6 is 11.8 Å². The monoisotopic (exact) mass is 495 g/mol. The summed E-state index contributed by atoms with van der Waals surface area (Å²) in [6.07, 6.45) is 1.73. The molecule has 4 aromatic rings. The summed E-state index contributed by atoms with van der Waals surface area (Å²) in [4.78, 5) is 27.1. The van der Waals surface area contributed by atoms with E-state index in [4.69, 9.17) is 9.47 Å². The maximum absolute atomic E-state index is 13.0. The quantitative estimate of drug-likeness (QED) is 0.251. The second-order valence-electron chi connectivity index (χ2n) is 8.46. The number of hydrogen-bond donors (Lipinski definition) is 0. The molecule has 1 fully saturated rings. The third-order valence-corrected chi connectivity index (χ3v) is 6.82. The van der Waals surface area contributed by atoms with E-state index >= 15 is 0 Å². The molecule has 0 saturated carbocycles. The van der Waals surface area contributed by atoms with Crippen LogP contribution < -0.4 is 9.47 Å². The number of benzene rings is 4. The summed E-state index contributed by atoms with van der Waals surface area (Å²) in [6.45, 7) is 2.80. The molecule has 6 heteroatoms. The second kappa shape index (κ2) is 10.7. The first-order valence-corrected chi connectivity index (χ1v) is 12.5. The minimum absolute atomic E-state index is 0.190. The Kier molecular flexibility index (Phi) is 7.05. The van der Waals surface area contributed by atoms with Crippen LogP contribution in [0.3, 0.4) is 0 Å². The number of hydrogen-bond acceptors (Lipinski definition) is 5. The first-order chi connectivity index (χ1) is 17.6. The average molecular weight is 496 g/mol. The molecule has 5 nitrogen and oxygen atoms in total. The van der Waals surface area contributed by atoms with Gasteiger partial charge in [0.25, 0.3) is 11.1 Å². The van der Waals surface area contributed by atoms with Gasteiger partial charge in [0.05, 0.1) is 11.4 Å². The first-order valence-electron chi connectivity index (χ1n) is 11.7. The van der Waals surface area contributed by atoms with Gasteiger partial charge < -0.3 is 9.47 Å². The lowest BCUT2D eigenvalue weighted by Crippen LogP contribution is -2.32. The molecule has 0 N–H and O–H groups in total. The van der Waals surface area contributed by atoms with E-state index < -0.39 is 0 Å². The zero-order valence-electron chi connectivity index (χ0n) is 19.8. The van der Waals surface area contributed by atoms with Crippen LogP contribution in [0, 0.1) is 6.92 Å². The lowest BCUT2D eigenvalue weighted by molar-refractivity contribution is -0.123. The van der Waals surface area contributed by atoms with Crippen LogP contribution in [0.1, 0.15) is 16.7 Å². The molecule has 0 aliphatic carbocycles. The van der Waals surface area contributed by atoms with Gasteiger partial charge in [-0.05, 0) is 64.9 Å². The fourth-order valence-electron chi connectivity index (χ4n) is 4.10. The number of imide groups is 1. The lowest BCUT2D eigenvalue weighted by Gasteiger charge is -2.13. The number of thioether (sulfide) groups is 1. The van der Waals surface area contributed by atoms with E-state index in [9.17, 15) is 9.59 Å². The van der Waals surface area contributed by atoms with Crippen molar-refractivity contribution in [2.45, 2.75) is 13.5 Å². The average Bonchev–Trinajstić information content (AvgIpc) is 3.15. The van der Waals surface area contributed by atoms with E-state index in [0.717, 1.165) is 45.0 Å². The van der Waals surface area contributed by atoms with Crippen molar-refractivity contribution >= 4 is 39.8 Å². The summed E-state index contributed by atoms with van der Waals surface area (Å²) >= 11 is 0.938. The number of rotatable bonds is 8. The second-order valence-corrected chi connectivity index (χ2v) is 9.46. The standard InChI is InChI=1S/C30H25NO4S/c1-21-8-6-13-25(18-21)34-17-16-31-29(32)28(36-30(31)33)19-23-10-3-5-15-27(23)35-20-24-12-7-11-22-9-2-4-14-26(22)24/h2-15,18-19H,16-17,20H2,1H3/b28-19-. The highest BCUT2D eigenvalue weighted by atomic mass is 32.2. The molecule has 4 aromatic carbocycles. The summed E-state index contributed by atoms with van der Waals surface area (Å²) in [5.74, 6) is 1.05. The largest absolute Gasteiger partial charge is 0.492 e. The summed E-state index contributed by atoms with van der Waals surface area (Å²) in [5, 5.41) is 2.01. The van der Waals surface area contributed by atoms with E-state index in [1.165, 1.54) is 4.90 Å². The van der Waals surface area contributed by atoms with Gasteiger partial charge in [-0.25, -0.2) is 0 Å². The third-order valence-electron chi connectivity index (χ3n) is 5.92. The van der Waals surface area contributed by atoms with Crippen LogP contribution in [0.25, 0.3) is 16.8 Å². The molecule has 5 rings (SSSR count). The summed E-state index contributed by atoms with van der Waals surface area (Å²) in [7, 11) is 0. The zero-order chi connectivity index (χ0) is 24.9. The molecule has 1 heterocycles. The maximum Gasteiger partial charge on any atom is 0.293 e. The smallest absolute Gasteiger partial charge is 0.293 e. The predicted molar refractivity (Wildman–Crippen MR) is 144 cm³/mol. The fourth-order valence-corrected chi connectivity index (χ4v) is 4.95. The van der Waals surface area contributed by atoms with Crippen molar-refractivity contribution in [2.24, 2.45) is 0 Å². The van der Waals surface area contributed by atoms with Gasteiger partial charge in [-0.1, -0.05) is 72.8 Å². The Bertz CT molecular complexity index is 1460. The molecule has 1 aliphatic heterocycles. The number of amides is 2. The summed E-state index contributed by atoms with van der Waals surface area (Å²) < 4.78 is 11.9. The number of aryl methyl sites for hydroxylation is 1. The van der Waals surface area contributed by atoms with E-state index in [2.05, 4.69) is 24.3 Å². The molecule has 36 heavy (non-hydrogen) atoms. The maximum atomic E-state index is 13.0. The Morgan fingerprint density at radius 3 is 2.53 bits per heavy atom. The van der Waals surface area contributed by atoms with Crippen LogP contribution in [0.5, 0.6) is 11.5 Å². The van der Waals surface area contributed by atoms with E-state index in [1.54, 1.807) is 6.08 Å². The highest BCUT2D eigenvalue weighted by Crippen LogP contribution is 2.34. The van der Waals surface area contributed by atoms with Crippen molar-refractivity contribution in [1.29, 1.82) is 0 Å². The normalized spacial score (nSPS) is 14.6. The molecule has 1 saturated heterocycles. The van der Waals surface area contributed by atoms with Crippen LogP contribution in [0.4, 0.5) is 4.79 Å². The van der Waals surface area contributed by atoms with Gasteiger partial charge in [-0.3, -0.25) is 14.5 Å². The third kappa shape index (κ3) is 5.29. The number of fused-ring (bicyclic) bond motifs is 1. The van der Waals surface area contributed by atoms with Crippen molar-refractivity contribution in [3.63, 3.8) is 0 Å². The van der Waals surface area contributed by atoms with E-state index in [1.807, 2.05) is 73.7 Å². The Hall–Kier alpha value is -4.03. The number of carbonyl (C=O) groups is 2. The van der Waals surface area contributed by atoms with Crippen molar-refractivity contribution < 1.29 is 19.1 Å². The summed E-state index contributed by atoms with van der Waals surface area (Å²) in [5.41, 5.74) is 2.92. The zero-order valence-corrected chi connectivity index (χ0v) is 20.7. The summed E-state index contributed by atoms with van der Waals surface area (Å²) in [6, 6.07) is 29.5. The molecule has 0 bridgehead atoms. The Labute approximate surface area is 214 Å². The van der Waals surface area contributed by atoms with Gasteiger partial charge in [0.15, 0.2) is 0 Å². The van der Waals surface area contributed by atoms with Gasteiger partial charge in [0.1, 0.15) is 24.7 Å². The molecule has 0 aromatic heterocycles. The predicted octanol–water partition coefficient (Wildman–Crippen LogP) is 6.84. The Morgan fingerprint density at radius 1 is 0.861 bits per heavy atom. The first kappa shape index (κ1) is 23.7. The molecular formula is C30H25NO4S. The van der Waals surface area contributed by atoms with Crippen LogP contribution in [-0.4, -0.2) is 29.2 Å². The Morgan fingerprint density at radius 2 is 1.64 bits per heavy atom.